The summed E-state index contributed by atoms with van der Waals surface area (Å²) in [6.45, 7) is 9.41. The van der Waals surface area contributed by atoms with Crippen molar-refractivity contribution in [3.05, 3.63) is 16.0 Å². The Morgan fingerprint density at radius 3 is 2.68 bits per heavy atom. The minimum Gasteiger partial charge on any atom is -0.462 e. The van der Waals surface area contributed by atoms with Gasteiger partial charge in [0.15, 0.2) is 5.78 Å². The fraction of sp³-hybridized carbons (Fsp3) is 0.611. The average molecular weight is 366 g/mol. The topological polar surface area (TPSA) is 75.7 Å². The van der Waals surface area contributed by atoms with E-state index >= 15 is 0 Å². The molecule has 0 radical (unpaired) electrons. The van der Waals surface area contributed by atoms with Gasteiger partial charge in [-0.05, 0) is 51.6 Å². The maximum Gasteiger partial charge on any atom is 0.341 e. The summed E-state index contributed by atoms with van der Waals surface area (Å²) in [5.74, 6) is -0.218. The van der Waals surface area contributed by atoms with Crippen molar-refractivity contribution in [1.29, 1.82) is 0 Å². The van der Waals surface area contributed by atoms with E-state index in [9.17, 15) is 14.4 Å². The highest BCUT2D eigenvalue weighted by Crippen LogP contribution is 2.34. The number of rotatable bonds is 6. The van der Waals surface area contributed by atoms with E-state index in [-0.39, 0.29) is 23.9 Å². The standard InChI is InChI=1S/C18H26N2O4S/c1-5-24-18(23)15-12(3)16(13(4)21)25-17(15)19-14(22)10-20-8-6-7-11(2)9-20/h11H,5-10H2,1-4H3,(H,19,22). The number of carbonyl (C=O) groups excluding carboxylic acids is 3. The molecule has 1 saturated heterocycles. The summed E-state index contributed by atoms with van der Waals surface area (Å²) in [4.78, 5) is 39.1. The zero-order valence-corrected chi connectivity index (χ0v) is 16.1. The number of hydrogen-bond acceptors (Lipinski definition) is 6. The molecule has 2 rings (SSSR count). The highest BCUT2D eigenvalue weighted by Gasteiger charge is 2.26. The van der Waals surface area contributed by atoms with Gasteiger partial charge in [-0.2, -0.15) is 0 Å². The fourth-order valence-corrected chi connectivity index (χ4v) is 4.29. The molecule has 1 amide bonds. The van der Waals surface area contributed by atoms with Crippen LogP contribution in [0.4, 0.5) is 5.00 Å². The van der Waals surface area contributed by atoms with E-state index in [2.05, 4.69) is 17.1 Å². The smallest absolute Gasteiger partial charge is 0.341 e. The Morgan fingerprint density at radius 2 is 2.08 bits per heavy atom. The summed E-state index contributed by atoms with van der Waals surface area (Å²) in [5.41, 5.74) is 0.857. The molecule has 1 unspecified atom stereocenters. The zero-order chi connectivity index (χ0) is 18.6. The Labute approximate surface area is 152 Å². The van der Waals surface area contributed by atoms with Crippen molar-refractivity contribution in [3.63, 3.8) is 0 Å². The molecular formula is C18H26N2O4S. The molecule has 138 valence electrons. The van der Waals surface area contributed by atoms with Gasteiger partial charge in [-0.3, -0.25) is 14.5 Å². The molecule has 1 fully saturated rings. The van der Waals surface area contributed by atoms with Crippen LogP contribution in [0, 0.1) is 12.8 Å². The number of hydrogen-bond donors (Lipinski definition) is 1. The molecular weight excluding hydrogens is 340 g/mol. The fourth-order valence-electron chi connectivity index (χ4n) is 3.19. The van der Waals surface area contributed by atoms with Crippen molar-refractivity contribution in [1.82, 2.24) is 4.90 Å². The molecule has 0 aromatic carbocycles. The Morgan fingerprint density at radius 1 is 1.36 bits per heavy atom. The molecule has 6 nitrogen and oxygen atoms in total. The minimum absolute atomic E-state index is 0.126. The summed E-state index contributed by atoms with van der Waals surface area (Å²) in [7, 11) is 0. The van der Waals surface area contributed by atoms with Crippen LogP contribution in [-0.4, -0.2) is 48.8 Å². The van der Waals surface area contributed by atoms with Crippen molar-refractivity contribution in [3.8, 4) is 0 Å². The van der Waals surface area contributed by atoms with Crippen LogP contribution in [0.2, 0.25) is 0 Å². The first-order chi connectivity index (χ1) is 11.8. The lowest BCUT2D eigenvalue weighted by Gasteiger charge is -2.30. The Kier molecular flexibility index (Phi) is 6.72. The third-order valence-corrected chi connectivity index (χ3v) is 5.62. The highest BCUT2D eigenvalue weighted by molar-refractivity contribution is 7.18. The quantitative estimate of drug-likeness (QED) is 0.618. The van der Waals surface area contributed by atoms with Crippen molar-refractivity contribution >= 4 is 34.0 Å². The first-order valence-electron chi connectivity index (χ1n) is 8.67. The van der Waals surface area contributed by atoms with Gasteiger partial charge in [0.2, 0.25) is 5.91 Å². The maximum absolute atomic E-state index is 12.4. The zero-order valence-electron chi connectivity index (χ0n) is 15.3. The number of amides is 1. The second-order valence-corrected chi connectivity index (χ2v) is 7.59. The third kappa shape index (κ3) is 4.89. The molecule has 1 aromatic heterocycles. The predicted molar refractivity (Wildman–Crippen MR) is 98.5 cm³/mol. The van der Waals surface area contributed by atoms with Crippen LogP contribution in [-0.2, 0) is 9.53 Å². The van der Waals surface area contributed by atoms with Gasteiger partial charge in [-0.1, -0.05) is 6.92 Å². The summed E-state index contributed by atoms with van der Waals surface area (Å²) < 4.78 is 5.08. The number of Topliss-reactive ketones (excluding diaryl/α,β-unsaturated/α-hetero) is 1. The van der Waals surface area contributed by atoms with Crippen molar-refractivity contribution in [2.45, 2.75) is 40.5 Å². The monoisotopic (exact) mass is 366 g/mol. The highest BCUT2D eigenvalue weighted by atomic mass is 32.1. The lowest BCUT2D eigenvalue weighted by Crippen LogP contribution is -2.39. The lowest BCUT2D eigenvalue weighted by atomic mass is 10.0. The molecule has 7 heteroatoms. The molecule has 2 heterocycles. The average Bonchev–Trinajstić information content (AvgIpc) is 2.84. The van der Waals surface area contributed by atoms with Gasteiger partial charge < -0.3 is 10.1 Å². The number of carbonyl (C=O) groups is 3. The molecule has 1 atom stereocenters. The maximum atomic E-state index is 12.4. The van der Waals surface area contributed by atoms with Crippen LogP contribution in [0.1, 0.15) is 59.2 Å². The lowest BCUT2D eigenvalue weighted by molar-refractivity contribution is -0.117. The molecule has 1 aliphatic heterocycles. The molecule has 0 spiro atoms. The van der Waals surface area contributed by atoms with E-state index in [1.807, 2.05) is 0 Å². The van der Waals surface area contributed by atoms with Crippen LogP contribution < -0.4 is 5.32 Å². The SMILES string of the molecule is CCOC(=O)c1c(NC(=O)CN2CCCC(C)C2)sc(C(C)=O)c1C. The first kappa shape index (κ1) is 19.6. The molecule has 25 heavy (non-hydrogen) atoms. The summed E-state index contributed by atoms with van der Waals surface area (Å²) in [6, 6.07) is 0. The minimum atomic E-state index is -0.509. The van der Waals surface area contributed by atoms with Crippen LogP contribution in [0.15, 0.2) is 0 Å². The largest absolute Gasteiger partial charge is 0.462 e. The number of ether oxygens (including phenoxy) is 1. The number of ketones is 1. The van der Waals surface area contributed by atoms with E-state index in [4.69, 9.17) is 4.74 Å². The van der Waals surface area contributed by atoms with Crippen LogP contribution in [0.5, 0.6) is 0 Å². The van der Waals surface area contributed by atoms with Gasteiger partial charge in [0.1, 0.15) is 5.00 Å². The molecule has 1 aliphatic rings. The first-order valence-corrected chi connectivity index (χ1v) is 9.48. The number of nitrogens with zero attached hydrogens (tertiary/aromatic N) is 1. The Bertz CT molecular complexity index is 668. The van der Waals surface area contributed by atoms with Gasteiger partial charge >= 0.3 is 5.97 Å². The van der Waals surface area contributed by atoms with E-state index < -0.39 is 5.97 Å². The van der Waals surface area contributed by atoms with E-state index in [0.717, 1.165) is 30.8 Å². The molecule has 1 aromatic rings. The van der Waals surface area contributed by atoms with Crippen molar-refractivity contribution < 1.29 is 19.1 Å². The van der Waals surface area contributed by atoms with Crippen LogP contribution in [0.3, 0.4) is 0 Å². The summed E-state index contributed by atoms with van der Waals surface area (Å²) >= 11 is 1.14. The van der Waals surface area contributed by atoms with Gasteiger partial charge in [-0.25, -0.2) is 4.79 Å². The second-order valence-electron chi connectivity index (χ2n) is 6.57. The number of likely N-dealkylation sites (tertiary alicyclic amines) is 1. The number of esters is 1. The summed E-state index contributed by atoms with van der Waals surface area (Å²) in [6.07, 6.45) is 2.28. The van der Waals surface area contributed by atoms with E-state index in [1.54, 1.807) is 13.8 Å². The van der Waals surface area contributed by atoms with E-state index in [1.165, 1.54) is 13.3 Å². The number of anilines is 1. The van der Waals surface area contributed by atoms with E-state index in [0.29, 0.717) is 27.9 Å². The molecule has 1 N–H and O–H groups in total. The Balaban J connectivity index is 2.16. The third-order valence-electron chi connectivity index (χ3n) is 4.31. The molecule has 0 aliphatic carbocycles. The summed E-state index contributed by atoms with van der Waals surface area (Å²) in [5, 5.41) is 3.21. The van der Waals surface area contributed by atoms with Crippen LogP contribution in [0.25, 0.3) is 0 Å². The van der Waals surface area contributed by atoms with Crippen molar-refractivity contribution in [2.24, 2.45) is 5.92 Å². The second kappa shape index (κ2) is 8.58. The molecule has 0 bridgehead atoms. The van der Waals surface area contributed by atoms with Crippen molar-refractivity contribution in [2.75, 3.05) is 31.6 Å². The number of nitrogens with one attached hydrogen (secondary N) is 1. The van der Waals surface area contributed by atoms with Gasteiger partial charge in [0.05, 0.1) is 23.6 Å². The predicted octanol–water partition coefficient (Wildman–Crippen LogP) is 3.11. The number of piperidine rings is 1. The number of thiophene rings is 1. The Hall–Kier alpha value is -1.73. The van der Waals surface area contributed by atoms with Gasteiger partial charge in [-0.15, -0.1) is 11.3 Å². The van der Waals surface area contributed by atoms with Gasteiger partial charge in [0, 0.05) is 6.54 Å². The van der Waals surface area contributed by atoms with Crippen LogP contribution >= 0.6 is 11.3 Å². The van der Waals surface area contributed by atoms with Gasteiger partial charge in [0.25, 0.3) is 0 Å². The molecule has 0 saturated carbocycles. The normalized spacial score (nSPS) is 18.0.